The van der Waals surface area contributed by atoms with Crippen LogP contribution in [-0.2, 0) is 13.1 Å². The predicted octanol–water partition coefficient (Wildman–Crippen LogP) is 2.59. The highest BCUT2D eigenvalue weighted by Crippen LogP contribution is 2.24. The average molecular weight is 262 g/mol. The van der Waals surface area contributed by atoms with Crippen molar-refractivity contribution in [1.82, 2.24) is 9.88 Å². The highest BCUT2D eigenvalue weighted by molar-refractivity contribution is 5.80. The van der Waals surface area contributed by atoms with Gasteiger partial charge in [-0.25, -0.2) is 0 Å². The molecule has 0 unspecified atom stereocenters. The minimum atomic E-state index is 0.0176. The number of nitrogens with zero attached hydrogens (tertiary/aromatic N) is 1. The van der Waals surface area contributed by atoms with Crippen molar-refractivity contribution >= 4 is 10.9 Å². The van der Waals surface area contributed by atoms with E-state index >= 15 is 0 Å². The maximum absolute atomic E-state index is 12.4. The molecule has 98 valence electrons. The molecule has 1 aliphatic heterocycles. The number of hydrogen-bond acceptors (Lipinski definition) is 2. The molecule has 1 aromatic heterocycles. The third-order valence-corrected chi connectivity index (χ3v) is 3.91. The summed E-state index contributed by atoms with van der Waals surface area (Å²) in [6, 6.07) is 17.7. The van der Waals surface area contributed by atoms with Crippen LogP contribution >= 0.6 is 0 Å². The molecule has 2 heterocycles. The third kappa shape index (κ3) is 1.60. The molecule has 0 atom stereocenters. The Morgan fingerprint density at radius 1 is 0.900 bits per heavy atom. The van der Waals surface area contributed by atoms with E-state index in [0.29, 0.717) is 0 Å². The van der Waals surface area contributed by atoms with Crippen LogP contribution in [0.2, 0.25) is 0 Å². The summed E-state index contributed by atoms with van der Waals surface area (Å²) in [5.41, 5.74) is 4.48. The minimum absolute atomic E-state index is 0.0176. The van der Waals surface area contributed by atoms with Crippen LogP contribution in [0.4, 0.5) is 0 Å². The number of benzene rings is 2. The lowest BCUT2D eigenvalue weighted by molar-refractivity contribution is 0.762. The first kappa shape index (κ1) is 11.4. The van der Waals surface area contributed by atoms with E-state index in [1.807, 2.05) is 47.0 Å². The van der Waals surface area contributed by atoms with Crippen molar-refractivity contribution < 1.29 is 0 Å². The van der Waals surface area contributed by atoms with E-state index in [-0.39, 0.29) is 5.56 Å². The monoisotopic (exact) mass is 262 g/mol. The molecule has 0 saturated carbocycles. The van der Waals surface area contributed by atoms with Gasteiger partial charge >= 0.3 is 0 Å². The molecule has 0 fully saturated rings. The zero-order chi connectivity index (χ0) is 13.5. The Hall–Kier alpha value is -2.39. The van der Waals surface area contributed by atoms with Gasteiger partial charge in [-0.15, -0.1) is 0 Å². The van der Waals surface area contributed by atoms with Gasteiger partial charge < -0.3 is 5.32 Å². The summed E-state index contributed by atoms with van der Waals surface area (Å²) in [6.07, 6.45) is 0. The third-order valence-electron chi connectivity index (χ3n) is 3.91. The lowest BCUT2D eigenvalue weighted by Gasteiger charge is -2.13. The van der Waals surface area contributed by atoms with Crippen LogP contribution in [0.3, 0.4) is 0 Å². The normalized spacial score (nSPS) is 13.6. The van der Waals surface area contributed by atoms with E-state index in [0.717, 1.165) is 29.7 Å². The van der Waals surface area contributed by atoms with E-state index in [1.54, 1.807) is 6.07 Å². The van der Waals surface area contributed by atoms with Gasteiger partial charge in [-0.1, -0.05) is 30.3 Å². The average Bonchev–Trinajstić information content (AvgIpc) is 2.96. The second-order valence-corrected chi connectivity index (χ2v) is 5.08. The molecule has 0 radical (unpaired) electrons. The van der Waals surface area contributed by atoms with Gasteiger partial charge in [0.2, 0.25) is 0 Å². The highest BCUT2D eigenvalue weighted by atomic mass is 16.1. The molecular weight excluding hydrogens is 248 g/mol. The van der Waals surface area contributed by atoms with Crippen LogP contribution in [0.25, 0.3) is 16.6 Å². The number of aromatic nitrogens is 1. The SMILES string of the molecule is O=c1ccc2ccccc2n1-c1cccc2c1CNC2. The number of nitrogens with one attached hydrogen (secondary N) is 1. The lowest BCUT2D eigenvalue weighted by Crippen LogP contribution is -2.18. The van der Waals surface area contributed by atoms with Crippen molar-refractivity contribution in [2.75, 3.05) is 0 Å². The fourth-order valence-electron chi connectivity index (χ4n) is 2.96. The van der Waals surface area contributed by atoms with Gasteiger partial charge in [0, 0.05) is 19.2 Å². The molecule has 0 saturated heterocycles. The number of hydrogen-bond donors (Lipinski definition) is 1. The second-order valence-electron chi connectivity index (χ2n) is 5.08. The molecule has 3 aromatic rings. The van der Waals surface area contributed by atoms with Crippen molar-refractivity contribution in [1.29, 1.82) is 0 Å². The molecule has 2 aromatic carbocycles. The first-order valence-electron chi connectivity index (χ1n) is 6.77. The Balaban J connectivity index is 2.11. The largest absolute Gasteiger partial charge is 0.309 e. The topological polar surface area (TPSA) is 34.0 Å². The van der Waals surface area contributed by atoms with Crippen LogP contribution < -0.4 is 10.9 Å². The first-order chi connectivity index (χ1) is 9.84. The lowest BCUT2D eigenvalue weighted by atomic mass is 10.1. The number of para-hydroxylation sites is 1. The number of pyridine rings is 1. The van der Waals surface area contributed by atoms with Gasteiger partial charge in [0.1, 0.15) is 0 Å². The van der Waals surface area contributed by atoms with Gasteiger partial charge in [0.05, 0.1) is 11.2 Å². The Labute approximate surface area is 116 Å². The molecule has 0 bridgehead atoms. The summed E-state index contributed by atoms with van der Waals surface area (Å²) in [5.74, 6) is 0. The van der Waals surface area contributed by atoms with E-state index in [2.05, 4.69) is 11.4 Å². The van der Waals surface area contributed by atoms with Gasteiger partial charge in [-0.2, -0.15) is 0 Å². The minimum Gasteiger partial charge on any atom is -0.309 e. The van der Waals surface area contributed by atoms with Gasteiger partial charge in [0.15, 0.2) is 0 Å². The Bertz CT molecular complexity index is 864. The number of rotatable bonds is 1. The summed E-state index contributed by atoms with van der Waals surface area (Å²) in [4.78, 5) is 12.4. The maximum atomic E-state index is 12.4. The molecule has 3 nitrogen and oxygen atoms in total. The summed E-state index contributed by atoms with van der Waals surface area (Å²) in [5, 5.41) is 4.43. The van der Waals surface area contributed by atoms with Crippen LogP contribution in [0, 0.1) is 0 Å². The molecule has 1 N–H and O–H groups in total. The highest BCUT2D eigenvalue weighted by Gasteiger charge is 2.16. The summed E-state index contributed by atoms with van der Waals surface area (Å²) < 4.78 is 1.82. The quantitative estimate of drug-likeness (QED) is 0.731. The molecule has 0 spiro atoms. The molecule has 3 heteroatoms. The predicted molar refractivity (Wildman–Crippen MR) is 80.1 cm³/mol. The Morgan fingerprint density at radius 2 is 1.80 bits per heavy atom. The van der Waals surface area contributed by atoms with Crippen molar-refractivity contribution in [3.8, 4) is 5.69 Å². The van der Waals surface area contributed by atoms with Crippen LogP contribution in [0.5, 0.6) is 0 Å². The van der Waals surface area contributed by atoms with Crippen molar-refractivity contribution in [2.45, 2.75) is 13.1 Å². The summed E-state index contributed by atoms with van der Waals surface area (Å²) in [7, 11) is 0. The van der Waals surface area contributed by atoms with Crippen LogP contribution in [0.15, 0.2) is 59.4 Å². The van der Waals surface area contributed by atoms with Gasteiger partial charge in [-0.05, 0) is 34.7 Å². The summed E-state index contributed by atoms with van der Waals surface area (Å²) in [6.45, 7) is 1.70. The second kappa shape index (κ2) is 4.32. The molecule has 4 rings (SSSR count). The Morgan fingerprint density at radius 3 is 2.75 bits per heavy atom. The smallest absolute Gasteiger partial charge is 0.255 e. The van der Waals surface area contributed by atoms with Crippen molar-refractivity contribution in [3.05, 3.63) is 76.1 Å². The van der Waals surface area contributed by atoms with Gasteiger partial charge in [0.25, 0.3) is 5.56 Å². The molecule has 0 aliphatic carbocycles. The van der Waals surface area contributed by atoms with Crippen LogP contribution in [0.1, 0.15) is 11.1 Å². The zero-order valence-corrected chi connectivity index (χ0v) is 11.0. The van der Waals surface area contributed by atoms with Crippen molar-refractivity contribution in [2.24, 2.45) is 0 Å². The molecular formula is C17H14N2O. The fraction of sp³-hybridized carbons (Fsp3) is 0.118. The zero-order valence-electron chi connectivity index (χ0n) is 11.0. The number of fused-ring (bicyclic) bond motifs is 2. The van der Waals surface area contributed by atoms with E-state index in [1.165, 1.54) is 11.1 Å². The van der Waals surface area contributed by atoms with E-state index in [9.17, 15) is 4.79 Å². The fourth-order valence-corrected chi connectivity index (χ4v) is 2.96. The molecule has 1 aliphatic rings. The Kier molecular flexibility index (Phi) is 2.47. The van der Waals surface area contributed by atoms with Gasteiger partial charge in [-0.3, -0.25) is 9.36 Å². The molecule has 0 amide bonds. The first-order valence-corrected chi connectivity index (χ1v) is 6.77. The standard InChI is InChI=1S/C17H14N2O/c20-17-9-8-12-4-1-2-6-15(12)19(17)16-7-3-5-13-10-18-11-14(13)16/h1-9,18H,10-11H2. The van der Waals surface area contributed by atoms with E-state index < -0.39 is 0 Å². The maximum Gasteiger partial charge on any atom is 0.255 e. The van der Waals surface area contributed by atoms with Crippen LogP contribution in [-0.4, -0.2) is 4.57 Å². The molecule has 20 heavy (non-hydrogen) atoms. The van der Waals surface area contributed by atoms with E-state index in [4.69, 9.17) is 0 Å². The van der Waals surface area contributed by atoms with Crippen molar-refractivity contribution in [3.63, 3.8) is 0 Å². The summed E-state index contributed by atoms with van der Waals surface area (Å²) >= 11 is 0.